The zero-order chi connectivity index (χ0) is 25.1. The molecule has 0 aromatic heterocycles. The lowest BCUT2D eigenvalue weighted by Crippen LogP contribution is -2.14. The summed E-state index contributed by atoms with van der Waals surface area (Å²) in [5.74, 6) is 0.686. The van der Waals surface area contributed by atoms with Gasteiger partial charge in [-0.05, 0) is 18.6 Å². The third-order valence-electron chi connectivity index (χ3n) is 5.53. The van der Waals surface area contributed by atoms with Gasteiger partial charge in [0, 0.05) is 6.61 Å². The number of benzene rings is 1. The zero-order valence-corrected chi connectivity index (χ0v) is 22.2. The molecule has 0 heterocycles. The molecule has 1 rings (SSSR count). The van der Waals surface area contributed by atoms with Crippen LogP contribution in [-0.2, 0) is 23.7 Å². The Morgan fingerprint density at radius 3 is 1.37 bits per heavy atom. The molecule has 0 radical (unpaired) electrons. The molecule has 7 nitrogen and oxygen atoms in total. The van der Waals surface area contributed by atoms with Crippen LogP contribution in [0, 0.1) is 0 Å². The Kier molecular flexibility index (Phi) is 23.2. The van der Waals surface area contributed by atoms with Crippen LogP contribution in [0.5, 0.6) is 5.75 Å². The summed E-state index contributed by atoms with van der Waals surface area (Å²) in [5, 5.41) is 0. The molecular formula is C28H51NO6. The molecule has 204 valence electrons. The molecule has 0 bridgehead atoms. The van der Waals surface area contributed by atoms with Gasteiger partial charge in [0.05, 0.1) is 65.1 Å². The van der Waals surface area contributed by atoms with Gasteiger partial charge in [-0.25, -0.2) is 0 Å². The van der Waals surface area contributed by atoms with E-state index in [0.717, 1.165) is 13.0 Å². The van der Waals surface area contributed by atoms with Crippen molar-refractivity contribution in [3.8, 4) is 5.75 Å². The minimum absolute atomic E-state index is 0.460. The Balaban J connectivity index is 1.66. The third-order valence-corrected chi connectivity index (χ3v) is 5.53. The van der Waals surface area contributed by atoms with E-state index in [-0.39, 0.29) is 0 Å². The van der Waals surface area contributed by atoms with Crippen molar-refractivity contribution in [3.05, 3.63) is 24.3 Å². The van der Waals surface area contributed by atoms with E-state index >= 15 is 0 Å². The van der Waals surface area contributed by atoms with Crippen LogP contribution in [0.4, 0.5) is 5.69 Å². The van der Waals surface area contributed by atoms with Crippen molar-refractivity contribution in [2.24, 2.45) is 0 Å². The van der Waals surface area contributed by atoms with Gasteiger partial charge in [0.2, 0.25) is 0 Å². The Labute approximate surface area is 213 Å². The number of nitrogen functional groups attached to an aromatic ring is 1. The van der Waals surface area contributed by atoms with Gasteiger partial charge in [-0.3, -0.25) is 0 Å². The summed E-state index contributed by atoms with van der Waals surface area (Å²) >= 11 is 0. The maximum Gasteiger partial charge on any atom is 0.142 e. The van der Waals surface area contributed by atoms with Crippen LogP contribution in [0.15, 0.2) is 24.3 Å². The SMILES string of the molecule is CCCCCCCCCCCCOCCOCCOCCOCCOCCOc1ccccc1N. The summed E-state index contributed by atoms with van der Waals surface area (Å²) < 4.78 is 33.2. The van der Waals surface area contributed by atoms with Crippen LogP contribution in [0.2, 0.25) is 0 Å². The van der Waals surface area contributed by atoms with E-state index in [9.17, 15) is 0 Å². The summed E-state index contributed by atoms with van der Waals surface area (Å²) in [6.45, 7) is 8.64. The normalized spacial score (nSPS) is 11.2. The smallest absolute Gasteiger partial charge is 0.142 e. The van der Waals surface area contributed by atoms with Crippen LogP contribution in [-0.4, -0.2) is 72.7 Å². The van der Waals surface area contributed by atoms with Gasteiger partial charge >= 0.3 is 0 Å². The second-order valence-electron chi connectivity index (χ2n) is 8.63. The molecule has 0 saturated heterocycles. The van der Waals surface area contributed by atoms with Crippen LogP contribution < -0.4 is 10.5 Å². The van der Waals surface area contributed by atoms with Crippen molar-refractivity contribution in [1.82, 2.24) is 0 Å². The lowest BCUT2D eigenvalue weighted by Gasteiger charge is -2.09. The van der Waals surface area contributed by atoms with Gasteiger partial charge in [0.25, 0.3) is 0 Å². The molecule has 35 heavy (non-hydrogen) atoms. The number of unbranched alkanes of at least 4 members (excludes halogenated alkanes) is 9. The van der Waals surface area contributed by atoms with Gasteiger partial charge < -0.3 is 34.2 Å². The van der Waals surface area contributed by atoms with Crippen molar-refractivity contribution in [3.63, 3.8) is 0 Å². The Morgan fingerprint density at radius 1 is 0.486 bits per heavy atom. The van der Waals surface area contributed by atoms with Crippen LogP contribution in [0.3, 0.4) is 0 Å². The second-order valence-corrected chi connectivity index (χ2v) is 8.63. The predicted molar refractivity (Wildman–Crippen MR) is 142 cm³/mol. The van der Waals surface area contributed by atoms with Gasteiger partial charge in [-0.1, -0.05) is 76.8 Å². The predicted octanol–water partition coefficient (Wildman–Crippen LogP) is 5.65. The number of hydrogen-bond acceptors (Lipinski definition) is 7. The summed E-state index contributed by atoms with van der Waals surface area (Å²) in [6.07, 6.45) is 13.5. The fourth-order valence-corrected chi connectivity index (χ4v) is 3.50. The minimum Gasteiger partial charge on any atom is -0.489 e. The first-order valence-electron chi connectivity index (χ1n) is 13.7. The van der Waals surface area contributed by atoms with E-state index in [2.05, 4.69) is 6.92 Å². The van der Waals surface area contributed by atoms with Crippen molar-refractivity contribution < 1.29 is 28.4 Å². The average Bonchev–Trinajstić information content (AvgIpc) is 2.87. The highest BCUT2D eigenvalue weighted by atomic mass is 16.6. The highest BCUT2D eigenvalue weighted by Crippen LogP contribution is 2.19. The molecule has 0 aliphatic rings. The summed E-state index contributed by atoms with van der Waals surface area (Å²) in [4.78, 5) is 0. The van der Waals surface area contributed by atoms with E-state index in [0.29, 0.717) is 77.5 Å². The molecule has 0 amide bonds. The number of ether oxygens (including phenoxy) is 6. The van der Waals surface area contributed by atoms with E-state index in [1.165, 1.54) is 57.8 Å². The molecule has 0 spiro atoms. The number of anilines is 1. The van der Waals surface area contributed by atoms with Gasteiger partial charge in [-0.15, -0.1) is 0 Å². The highest BCUT2D eigenvalue weighted by molar-refractivity contribution is 5.51. The number of hydrogen-bond donors (Lipinski definition) is 1. The van der Waals surface area contributed by atoms with E-state index in [1.54, 1.807) is 0 Å². The number of para-hydroxylation sites is 2. The largest absolute Gasteiger partial charge is 0.489 e. The lowest BCUT2D eigenvalue weighted by molar-refractivity contribution is -0.0128. The molecule has 0 saturated carbocycles. The summed E-state index contributed by atoms with van der Waals surface area (Å²) in [6, 6.07) is 7.43. The lowest BCUT2D eigenvalue weighted by atomic mass is 10.1. The van der Waals surface area contributed by atoms with Gasteiger partial charge in [0.15, 0.2) is 0 Å². The van der Waals surface area contributed by atoms with E-state index < -0.39 is 0 Å². The van der Waals surface area contributed by atoms with Crippen LogP contribution in [0.1, 0.15) is 71.1 Å². The zero-order valence-electron chi connectivity index (χ0n) is 22.2. The average molecular weight is 498 g/mol. The molecule has 1 aromatic rings. The molecule has 7 heteroatoms. The molecule has 2 N–H and O–H groups in total. The summed E-state index contributed by atoms with van der Waals surface area (Å²) in [5.41, 5.74) is 6.45. The second kappa shape index (κ2) is 25.7. The fourth-order valence-electron chi connectivity index (χ4n) is 3.50. The molecule has 0 atom stereocenters. The quantitative estimate of drug-likeness (QED) is 0.124. The molecular weight excluding hydrogens is 446 g/mol. The number of rotatable bonds is 27. The topological polar surface area (TPSA) is 81.4 Å². The Bertz CT molecular complexity index is 560. The maximum atomic E-state index is 5.81. The Morgan fingerprint density at radius 2 is 0.886 bits per heavy atom. The minimum atomic E-state index is 0.460. The van der Waals surface area contributed by atoms with Gasteiger partial charge in [-0.2, -0.15) is 0 Å². The molecule has 0 fully saturated rings. The maximum absolute atomic E-state index is 5.81. The summed E-state index contributed by atoms with van der Waals surface area (Å²) in [7, 11) is 0. The van der Waals surface area contributed by atoms with Crippen LogP contribution >= 0.6 is 0 Å². The first kappa shape index (κ1) is 31.6. The molecule has 0 aliphatic carbocycles. The standard InChI is InChI=1S/C28H51NO6/c1-2-3-4-5-6-7-8-9-10-13-16-30-17-18-31-19-20-32-21-22-33-23-24-34-25-26-35-28-15-12-11-14-27(28)29/h11-12,14-15H,2-10,13,16-26,29H2,1H3. The van der Waals surface area contributed by atoms with Crippen LogP contribution in [0.25, 0.3) is 0 Å². The van der Waals surface area contributed by atoms with Crippen molar-refractivity contribution in [2.45, 2.75) is 71.1 Å². The third kappa shape index (κ3) is 21.6. The van der Waals surface area contributed by atoms with Gasteiger partial charge in [0.1, 0.15) is 12.4 Å². The number of nitrogens with two attached hydrogens (primary N) is 1. The molecule has 0 aliphatic heterocycles. The van der Waals surface area contributed by atoms with Crippen molar-refractivity contribution in [2.75, 3.05) is 78.4 Å². The molecule has 1 aromatic carbocycles. The van der Waals surface area contributed by atoms with E-state index in [4.69, 9.17) is 34.2 Å². The van der Waals surface area contributed by atoms with Crippen molar-refractivity contribution in [1.29, 1.82) is 0 Å². The monoisotopic (exact) mass is 497 g/mol. The molecule has 0 unspecified atom stereocenters. The first-order valence-corrected chi connectivity index (χ1v) is 13.7. The Hall–Kier alpha value is -1.38. The van der Waals surface area contributed by atoms with Crippen molar-refractivity contribution >= 4 is 5.69 Å². The van der Waals surface area contributed by atoms with E-state index in [1.807, 2.05) is 24.3 Å². The fraction of sp³-hybridized carbons (Fsp3) is 0.786. The highest BCUT2D eigenvalue weighted by Gasteiger charge is 1.98. The first-order chi connectivity index (χ1) is 17.3.